The summed E-state index contributed by atoms with van der Waals surface area (Å²) in [7, 11) is 2.03. The van der Waals surface area contributed by atoms with Crippen molar-refractivity contribution in [3.8, 4) is 0 Å². The number of carbonyl (C=O) groups excluding carboxylic acids is 1. The highest BCUT2D eigenvalue weighted by molar-refractivity contribution is 5.93. The molecule has 1 aromatic heterocycles. The monoisotopic (exact) mass is 264 g/mol. The van der Waals surface area contributed by atoms with Crippen LogP contribution in [-0.4, -0.2) is 40.6 Å². The van der Waals surface area contributed by atoms with E-state index in [-0.39, 0.29) is 12.0 Å². The van der Waals surface area contributed by atoms with Gasteiger partial charge in [0.25, 0.3) is 5.91 Å². The summed E-state index contributed by atoms with van der Waals surface area (Å²) in [4.78, 5) is 17.7. The SMILES string of the molecule is CN(Cc1ccc(C(=O)NN)cn1)CC1CC(O)C1. The zero-order valence-corrected chi connectivity index (χ0v) is 11.0. The molecule has 19 heavy (non-hydrogen) atoms. The summed E-state index contributed by atoms with van der Waals surface area (Å²) in [5, 5.41) is 9.25. The van der Waals surface area contributed by atoms with Crippen LogP contribution in [0.5, 0.6) is 0 Å². The highest BCUT2D eigenvalue weighted by Gasteiger charge is 2.27. The van der Waals surface area contributed by atoms with Crippen LogP contribution in [0.25, 0.3) is 0 Å². The standard InChI is InChI=1S/C13H20N4O2/c1-17(7-9-4-12(18)5-9)8-11-3-2-10(6-15-11)13(19)16-14/h2-3,6,9,12,18H,4-5,7-8,14H2,1H3,(H,16,19). The second-order valence-electron chi connectivity index (χ2n) is 5.20. The smallest absolute Gasteiger partial charge is 0.266 e. The van der Waals surface area contributed by atoms with Gasteiger partial charge in [-0.05, 0) is 37.9 Å². The highest BCUT2D eigenvalue weighted by atomic mass is 16.3. The Balaban J connectivity index is 1.83. The molecule has 1 fully saturated rings. The molecular formula is C13H20N4O2. The number of rotatable bonds is 5. The Morgan fingerprint density at radius 2 is 2.32 bits per heavy atom. The third-order valence-electron chi connectivity index (χ3n) is 3.43. The normalized spacial score (nSPS) is 22.1. The summed E-state index contributed by atoms with van der Waals surface area (Å²) in [5.41, 5.74) is 3.44. The van der Waals surface area contributed by atoms with Crippen LogP contribution in [0.15, 0.2) is 18.3 Å². The van der Waals surface area contributed by atoms with Crippen LogP contribution < -0.4 is 11.3 Å². The molecule has 4 N–H and O–H groups in total. The number of nitrogens with one attached hydrogen (secondary N) is 1. The molecule has 0 radical (unpaired) electrons. The number of pyridine rings is 1. The van der Waals surface area contributed by atoms with Crippen LogP contribution >= 0.6 is 0 Å². The molecule has 6 heteroatoms. The van der Waals surface area contributed by atoms with Crippen molar-refractivity contribution >= 4 is 5.91 Å². The fraction of sp³-hybridized carbons (Fsp3) is 0.538. The van der Waals surface area contributed by atoms with E-state index < -0.39 is 0 Å². The first kappa shape index (κ1) is 13.9. The number of nitrogens with zero attached hydrogens (tertiary/aromatic N) is 2. The second-order valence-corrected chi connectivity index (χ2v) is 5.20. The molecule has 104 valence electrons. The van der Waals surface area contributed by atoms with E-state index in [0.29, 0.717) is 11.5 Å². The lowest BCUT2D eigenvalue weighted by molar-refractivity contribution is 0.0272. The molecule has 1 amide bonds. The molecule has 1 saturated carbocycles. The molecule has 0 aromatic carbocycles. The van der Waals surface area contributed by atoms with Crippen LogP contribution in [0.4, 0.5) is 0 Å². The van der Waals surface area contributed by atoms with Gasteiger partial charge in [0.15, 0.2) is 0 Å². The fourth-order valence-corrected chi connectivity index (χ4v) is 2.37. The van der Waals surface area contributed by atoms with Crippen molar-refractivity contribution in [1.82, 2.24) is 15.3 Å². The van der Waals surface area contributed by atoms with Gasteiger partial charge >= 0.3 is 0 Å². The zero-order chi connectivity index (χ0) is 13.8. The van der Waals surface area contributed by atoms with Gasteiger partial charge < -0.3 is 10.0 Å². The van der Waals surface area contributed by atoms with Gasteiger partial charge in [0.1, 0.15) is 0 Å². The largest absolute Gasteiger partial charge is 0.393 e. The first-order valence-corrected chi connectivity index (χ1v) is 6.41. The minimum atomic E-state index is -0.337. The Kier molecular flexibility index (Phi) is 4.47. The maximum Gasteiger partial charge on any atom is 0.266 e. The van der Waals surface area contributed by atoms with Crippen LogP contribution in [0.3, 0.4) is 0 Å². The number of aromatic nitrogens is 1. The van der Waals surface area contributed by atoms with Crippen molar-refractivity contribution in [3.63, 3.8) is 0 Å². The van der Waals surface area contributed by atoms with Gasteiger partial charge in [-0.25, -0.2) is 5.84 Å². The van der Waals surface area contributed by atoms with Crippen molar-refractivity contribution in [2.24, 2.45) is 11.8 Å². The van der Waals surface area contributed by atoms with Crippen LogP contribution in [0, 0.1) is 5.92 Å². The third-order valence-corrected chi connectivity index (χ3v) is 3.43. The predicted octanol–water partition coefficient (Wildman–Crippen LogP) is -0.112. The number of hydrogen-bond acceptors (Lipinski definition) is 5. The Labute approximate surface area is 112 Å². The van der Waals surface area contributed by atoms with Crippen LogP contribution in [0.2, 0.25) is 0 Å². The predicted molar refractivity (Wildman–Crippen MR) is 71.0 cm³/mol. The molecule has 0 saturated heterocycles. The summed E-state index contributed by atoms with van der Waals surface area (Å²) in [6, 6.07) is 3.54. The van der Waals surface area contributed by atoms with E-state index in [1.807, 2.05) is 13.1 Å². The topological polar surface area (TPSA) is 91.5 Å². The lowest BCUT2D eigenvalue weighted by Gasteiger charge is -2.34. The molecule has 2 rings (SSSR count). The Hall–Kier alpha value is -1.50. The van der Waals surface area contributed by atoms with E-state index in [2.05, 4.69) is 15.3 Å². The number of carbonyl (C=O) groups is 1. The summed E-state index contributed by atoms with van der Waals surface area (Å²) in [6.45, 7) is 1.70. The van der Waals surface area contributed by atoms with E-state index in [9.17, 15) is 9.90 Å². The van der Waals surface area contributed by atoms with Gasteiger partial charge in [0.05, 0.1) is 17.4 Å². The second kappa shape index (κ2) is 6.10. The van der Waals surface area contributed by atoms with Gasteiger partial charge in [0.2, 0.25) is 0 Å². The minimum Gasteiger partial charge on any atom is -0.393 e. The molecule has 1 aliphatic carbocycles. The maximum absolute atomic E-state index is 11.3. The van der Waals surface area contributed by atoms with E-state index in [1.165, 1.54) is 6.20 Å². The summed E-state index contributed by atoms with van der Waals surface area (Å²) in [6.07, 6.45) is 3.21. The Morgan fingerprint density at radius 3 is 2.84 bits per heavy atom. The van der Waals surface area contributed by atoms with Crippen molar-refractivity contribution < 1.29 is 9.90 Å². The summed E-state index contributed by atoms with van der Waals surface area (Å²) < 4.78 is 0. The molecule has 0 atom stereocenters. The number of nitrogens with two attached hydrogens (primary N) is 1. The average molecular weight is 264 g/mol. The molecule has 6 nitrogen and oxygen atoms in total. The Bertz CT molecular complexity index is 429. The number of nitrogen functional groups attached to an aromatic ring is 1. The number of aliphatic hydroxyl groups excluding tert-OH is 1. The van der Waals surface area contributed by atoms with Crippen molar-refractivity contribution in [2.75, 3.05) is 13.6 Å². The van der Waals surface area contributed by atoms with E-state index >= 15 is 0 Å². The fourth-order valence-electron chi connectivity index (χ4n) is 2.37. The van der Waals surface area contributed by atoms with Gasteiger partial charge in [-0.1, -0.05) is 0 Å². The third kappa shape index (κ3) is 3.73. The maximum atomic E-state index is 11.3. The first-order valence-electron chi connectivity index (χ1n) is 6.41. The number of hydrazine groups is 1. The average Bonchev–Trinajstić information content (AvgIpc) is 2.37. The molecule has 0 bridgehead atoms. The molecule has 1 aromatic rings. The molecule has 0 unspecified atom stereocenters. The molecule has 1 aliphatic rings. The highest BCUT2D eigenvalue weighted by Crippen LogP contribution is 2.27. The lowest BCUT2D eigenvalue weighted by Crippen LogP contribution is -2.36. The Morgan fingerprint density at radius 1 is 1.58 bits per heavy atom. The lowest BCUT2D eigenvalue weighted by atomic mass is 9.82. The van der Waals surface area contributed by atoms with Crippen molar-refractivity contribution in [1.29, 1.82) is 0 Å². The van der Waals surface area contributed by atoms with Crippen molar-refractivity contribution in [3.05, 3.63) is 29.6 Å². The van der Waals surface area contributed by atoms with Gasteiger partial charge in [0, 0.05) is 19.3 Å². The minimum absolute atomic E-state index is 0.106. The molecule has 1 heterocycles. The number of aliphatic hydroxyl groups is 1. The molecular weight excluding hydrogens is 244 g/mol. The van der Waals surface area contributed by atoms with Crippen LogP contribution in [0.1, 0.15) is 28.9 Å². The summed E-state index contributed by atoms with van der Waals surface area (Å²) >= 11 is 0. The molecule has 0 spiro atoms. The zero-order valence-electron chi connectivity index (χ0n) is 11.0. The van der Waals surface area contributed by atoms with E-state index in [1.54, 1.807) is 6.07 Å². The van der Waals surface area contributed by atoms with Gasteiger partial charge in [-0.2, -0.15) is 0 Å². The van der Waals surface area contributed by atoms with Crippen LogP contribution in [-0.2, 0) is 6.54 Å². The summed E-state index contributed by atoms with van der Waals surface area (Å²) in [5.74, 6) is 5.30. The van der Waals surface area contributed by atoms with Gasteiger partial charge in [-0.3, -0.25) is 15.2 Å². The first-order chi connectivity index (χ1) is 9.08. The van der Waals surface area contributed by atoms with E-state index in [4.69, 9.17) is 5.84 Å². The number of hydrogen-bond donors (Lipinski definition) is 3. The molecule has 0 aliphatic heterocycles. The van der Waals surface area contributed by atoms with Crippen molar-refractivity contribution in [2.45, 2.75) is 25.5 Å². The number of amides is 1. The quantitative estimate of drug-likeness (QED) is 0.392. The van der Waals surface area contributed by atoms with Gasteiger partial charge in [-0.15, -0.1) is 0 Å². The van der Waals surface area contributed by atoms with E-state index in [0.717, 1.165) is 31.6 Å².